The Morgan fingerprint density at radius 3 is 2.26 bits per heavy atom. The number of hydrogen-bond acceptors (Lipinski definition) is 5. The maximum absolute atomic E-state index is 13.1. The van der Waals surface area contributed by atoms with Gasteiger partial charge in [0.15, 0.2) is 5.78 Å². The average molecular weight is 468 g/mol. The van der Waals surface area contributed by atoms with Gasteiger partial charge in [0.25, 0.3) is 5.91 Å². The van der Waals surface area contributed by atoms with Crippen molar-refractivity contribution < 1.29 is 18.7 Å². The Balaban J connectivity index is 1.17. The number of nitrogens with zero attached hydrogens (tertiary/aromatic N) is 3. The molecule has 34 heavy (non-hydrogen) atoms. The molecule has 2 aliphatic heterocycles. The first kappa shape index (κ1) is 24.4. The molecule has 2 aromatic carbocycles. The van der Waals surface area contributed by atoms with Crippen molar-refractivity contribution in [3.05, 3.63) is 65.5 Å². The Hall–Kier alpha value is -2.77. The number of ether oxygens (including phenoxy) is 1. The summed E-state index contributed by atoms with van der Waals surface area (Å²) in [5.41, 5.74) is 1.15. The SMILES string of the molecule is CC1CCCN1CCCOc1ccc(C(=O)CN2CCN(C(=O)c3ccc(F)cc3)CC2)cc1. The first-order valence-corrected chi connectivity index (χ1v) is 12.3. The average Bonchev–Trinajstić information content (AvgIpc) is 3.27. The van der Waals surface area contributed by atoms with Gasteiger partial charge in [0.2, 0.25) is 0 Å². The molecular weight excluding hydrogens is 433 g/mol. The van der Waals surface area contributed by atoms with Gasteiger partial charge in [-0.3, -0.25) is 14.5 Å². The molecule has 2 fully saturated rings. The Bertz CT molecular complexity index is 956. The monoisotopic (exact) mass is 467 g/mol. The van der Waals surface area contributed by atoms with Crippen LogP contribution >= 0.6 is 0 Å². The van der Waals surface area contributed by atoms with Gasteiger partial charge in [0, 0.05) is 49.9 Å². The lowest BCUT2D eigenvalue weighted by Crippen LogP contribution is -2.49. The molecule has 0 bridgehead atoms. The summed E-state index contributed by atoms with van der Waals surface area (Å²) in [7, 11) is 0. The van der Waals surface area contributed by atoms with E-state index in [1.54, 1.807) is 4.90 Å². The van der Waals surface area contributed by atoms with E-state index < -0.39 is 0 Å². The van der Waals surface area contributed by atoms with E-state index in [0.29, 0.717) is 56.5 Å². The van der Waals surface area contributed by atoms with Crippen LogP contribution in [-0.2, 0) is 0 Å². The highest BCUT2D eigenvalue weighted by Gasteiger charge is 2.24. The van der Waals surface area contributed by atoms with Crippen molar-refractivity contribution in [1.82, 2.24) is 14.7 Å². The number of halogens is 1. The predicted molar refractivity (Wildman–Crippen MR) is 130 cm³/mol. The van der Waals surface area contributed by atoms with Crippen LogP contribution in [0, 0.1) is 5.82 Å². The fourth-order valence-corrected chi connectivity index (χ4v) is 4.70. The molecule has 2 heterocycles. The van der Waals surface area contributed by atoms with Gasteiger partial charge in [0.1, 0.15) is 11.6 Å². The van der Waals surface area contributed by atoms with Crippen LogP contribution in [0.25, 0.3) is 0 Å². The molecule has 7 heteroatoms. The summed E-state index contributed by atoms with van der Waals surface area (Å²) in [6.45, 7) is 7.92. The van der Waals surface area contributed by atoms with E-state index in [9.17, 15) is 14.0 Å². The molecule has 0 radical (unpaired) electrons. The normalized spacial score (nSPS) is 19.4. The molecule has 2 aliphatic rings. The first-order chi connectivity index (χ1) is 16.5. The zero-order valence-corrected chi connectivity index (χ0v) is 19.9. The van der Waals surface area contributed by atoms with Crippen molar-refractivity contribution in [3.63, 3.8) is 0 Å². The van der Waals surface area contributed by atoms with E-state index in [4.69, 9.17) is 4.74 Å². The Morgan fingerprint density at radius 2 is 1.62 bits per heavy atom. The highest BCUT2D eigenvalue weighted by molar-refractivity contribution is 5.97. The largest absolute Gasteiger partial charge is 0.494 e. The summed E-state index contributed by atoms with van der Waals surface area (Å²) in [5, 5.41) is 0. The molecule has 0 aliphatic carbocycles. The minimum absolute atomic E-state index is 0.0629. The number of amides is 1. The number of carbonyl (C=O) groups excluding carboxylic acids is 2. The van der Waals surface area contributed by atoms with Crippen molar-refractivity contribution >= 4 is 11.7 Å². The van der Waals surface area contributed by atoms with Gasteiger partial charge in [-0.25, -0.2) is 4.39 Å². The third-order valence-electron chi connectivity index (χ3n) is 6.84. The highest BCUT2D eigenvalue weighted by atomic mass is 19.1. The minimum Gasteiger partial charge on any atom is -0.494 e. The number of hydrogen-bond donors (Lipinski definition) is 0. The van der Waals surface area contributed by atoms with E-state index in [1.165, 1.54) is 43.7 Å². The lowest BCUT2D eigenvalue weighted by atomic mass is 10.1. The molecule has 1 amide bonds. The number of rotatable bonds is 9. The molecule has 2 saturated heterocycles. The topological polar surface area (TPSA) is 53.1 Å². The van der Waals surface area contributed by atoms with Crippen LogP contribution in [0.15, 0.2) is 48.5 Å². The minimum atomic E-state index is -0.355. The number of carbonyl (C=O) groups is 2. The highest BCUT2D eigenvalue weighted by Crippen LogP contribution is 2.17. The number of ketones is 1. The summed E-state index contributed by atoms with van der Waals surface area (Å²) in [5.74, 6) is 0.398. The molecular formula is C27H34FN3O3. The molecule has 182 valence electrons. The van der Waals surface area contributed by atoms with Crippen molar-refractivity contribution in [2.24, 2.45) is 0 Å². The predicted octanol–water partition coefficient (Wildman–Crippen LogP) is 3.72. The third-order valence-corrected chi connectivity index (χ3v) is 6.84. The van der Waals surface area contributed by atoms with E-state index in [2.05, 4.69) is 16.7 Å². The molecule has 2 aromatic rings. The number of benzene rings is 2. The van der Waals surface area contributed by atoms with Crippen LogP contribution in [0.3, 0.4) is 0 Å². The summed E-state index contributed by atoms with van der Waals surface area (Å²) in [6.07, 6.45) is 3.59. The molecule has 6 nitrogen and oxygen atoms in total. The fraction of sp³-hybridized carbons (Fsp3) is 0.481. The van der Waals surface area contributed by atoms with Gasteiger partial charge in [0.05, 0.1) is 13.2 Å². The number of likely N-dealkylation sites (tertiary alicyclic amines) is 1. The lowest BCUT2D eigenvalue weighted by molar-refractivity contribution is 0.0624. The third kappa shape index (κ3) is 6.42. The van der Waals surface area contributed by atoms with Gasteiger partial charge >= 0.3 is 0 Å². The maximum Gasteiger partial charge on any atom is 0.253 e. The van der Waals surface area contributed by atoms with Gasteiger partial charge in [-0.2, -0.15) is 0 Å². The van der Waals surface area contributed by atoms with Gasteiger partial charge < -0.3 is 14.5 Å². The zero-order chi connectivity index (χ0) is 23.9. The van der Waals surface area contributed by atoms with Crippen molar-refractivity contribution in [3.8, 4) is 5.75 Å². The Labute approximate surface area is 201 Å². The van der Waals surface area contributed by atoms with Crippen LogP contribution < -0.4 is 4.74 Å². The van der Waals surface area contributed by atoms with E-state index in [1.807, 2.05) is 24.3 Å². The zero-order valence-electron chi connectivity index (χ0n) is 19.9. The van der Waals surface area contributed by atoms with E-state index in [-0.39, 0.29) is 17.5 Å². The second-order valence-corrected chi connectivity index (χ2v) is 9.25. The lowest BCUT2D eigenvalue weighted by Gasteiger charge is -2.34. The summed E-state index contributed by atoms with van der Waals surface area (Å²) in [4.78, 5) is 31.6. The van der Waals surface area contributed by atoms with Crippen LogP contribution in [0.4, 0.5) is 4.39 Å². The molecule has 1 unspecified atom stereocenters. The molecule has 4 rings (SSSR count). The van der Waals surface area contributed by atoms with Gasteiger partial charge in [-0.05, 0) is 81.3 Å². The summed E-state index contributed by atoms with van der Waals surface area (Å²) < 4.78 is 18.9. The van der Waals surface area contributed by atoms with E-state index in [0.717, 1.165) is 18.7 Å². The smallest absolute Gasteiger partial charge is 0.253 e. The number of piperazine rings is 1. The second kappa shape index (κ2) is 11.6. The fourth-order valence-electron chi connectivity index (χ4n) is 4.70. The molecule has 0 spiro atoms. The van der Waals surface area contributed by atoms with Crippen LogP contribution in [0.2, 0.25) is 0 Å². The molecule has 1 atom stereocenters. The Kier molecular flexibility index (Phi) is 8.29. The standard InChI is InChI=1S/C27H34FN3O3/c1-21-4-2-13-30(21)14-3-19-34-25-11-7-22(8-12-25)26(32)20-29-15-17-31(18-16-29)27(33)23-5-9-24(28)10-6-23/h5-12,21H,2-4,13-20H2,1H3. The maximum atomic E-state index is 13.1. The van der Waals surface area contributed by atoms with Crippen molar-refractivity contribution in [2.45, 2.75) is 32.2 Å². The van der Waals surface area contributed by atoms with Crippen molar-refractivity contribution in [1.29, 1.82) is 0 Å². The van der Waals surface area contributed by atoms with Crippen LogP contribution in [0.5, 0.6) is 5.75 Å². The summed E-state index contributed by atoms with van der Waals surface area (Å²) >= 11 is 0. The Morgan fingerprint density at radius 1 is 0.941 bits per heavy atom. The van der Waals surface area contributed by atoms with E-state index >= 15 is 0 Å². The quantitative estimate of drug-likeness (QED) is 0.416. The second-order valence-electron chi connectivity index (χ2n) is 9.25. The van der Waals surface area contributed by atoms with Crippen LogP contribution in [0.1, 0.15) is 46.9 Å². The van der Waals surface area contributed by atoms with Gasteiger partial charge in [-0.15, -0.1) is 0 Å². The molecule has 0 saturated carbocycles. The van der Waals surface area contributed by atoms with Gasteiger partial charge in [-0.1, -0.05) is 0 Å². The first-order valence-electron chi connectivity index (χ1n) is 12.3. The van der Waals surface area contributed by atoms with Crippen LogP contribution in [-0.4, -0.2) is 84.9 Å². The number of Topliss-reactive ketones (excluding diaryl/α,β-unsaturated/α-hetero) is 1. The molecule has 0 N–H and O–H groups in total. The molecule has 0 aromatic heterocycles. The summed E-state index contributed by atoms with van der Waals surface area (Å²) in [6, 6.07) is 13.7. The van der Waals surface area contributed by atoms with Crippen molar-refractivity contribution in [2.75, 3.05) is 52.4 Å².